The van der Waals surface area contributed by atoms with Gasteiger partial charge < -0.3 is 4.43 Å². The second-order valence-corrected chi connectivity index (χ2v) is 6.43. The zero-order chi connectivity index (χ0) is 7.49. The monoisotopic (exact) mass is 142 g/mol. The number of hydrogen-bond donors (Lipinski definition) is 0. The molecular weight excluding hydrogens is 128 g/mol. The molecule has 0 spiro atoms. The summed E-state index contributed by atoms with van der Waals surface area (Å²) < 4.78 is 5.41. The third-order valence-corrected chi connectivity index (χ3v) is 2.79. The van der Waals surface area contributed by atoms with Crippen LogP contribution in [0.3, 0.4) is 0 Å². The van der Waals surface area contributed by atoms with E-state index in [-0.39, 0.29) is 0 Å². The summed E-state index contributed by atoms with van der Waals surface area (Å²) >= 11 is 0. The molecule has 0 saturated carbocycles. The topological polar surface area (TPSA) is 9.23 Å². The molecule has 0 radical (unpaired) electrons. The van der Waals surface area contributed by atoms with E-state index >= 15 is 0 Å². The lowest BCUT2D eigenvalue weighted by molar-refractivity contribution is 0.432. The molecule has 0 N–H and O–H groups in total. The first-order chi connectivity index (χ1) is 3.98. The molecular formula is C7H14OSi. The van der Waals surface area contributed by atoms with Crippen molar-refractivity contribution in [3.63, 3.8) is 0 Å². The molecule has 0 aromatic carbocycles. The van der Waals surface area contributed by atoms with Crippen molar-refractivity contribution < 1.29 is 4.43 Å². The number of rotatable bonds is 3. The smallest absolute Gasteiger partial charge is 0.268 e. The van der Waals surface area contributed by atoms with E-state index in [4.69, 9.17) is 4.43 Å². The van der Waals surface area contributed by atoms with Crippen molar-refractivity contribution in [3.8, 4) is 0 Å². The SMILES string of the molecule is C=C[Si](C)(C)OC(=C)C. The summed E-state index contributed by atoms with van der Waals surface area (Å²) in [6.45, 7) is 13.3. The van der Waals surface area contributed by atoms with E-state index in [1.165, 1.54) is 0 Å². The molecule has 0 heterocycles. The standard InChI is InChI=1S/C7H14OSi/c1-6-9(4,5)8-7(2)3/h6H,1-2H2,3-5H3. The van der Waals surface area contributed by atoms with Crippen molar-refractivity contribution in [2.45, 2.75) is 20.0 Å². The third kappa shape index (κ3) is 4.03. The van der Waals surface area contributed by atoms with Crippen molar-refractivity contribution in [2.75, 3.05) is 0 Å². The molecule has 0 rings (SSSR count). The maximum Gasteiger partial charge on any atom is 0.268 e. The average Bonchev–Trinajstić information content (AvgIpc) is 1.63. The first kappa shape index (κ1) is 8.50. The van der Waals surface area contributed by atoms with Crippen LogP contribution in [-0.4, -0.2) is 8.32 Å². The van der Waals surface area contributed by atoms with Crippen LogP contribution in [0.1, 0.15) is 6.92 Å². The average molecular weight is 142 g/mol. The summed E-state index contributed by atoms with van der Waals surface area (Å²) in [5.41, 5.74) is 1.89. The lowest BCUT2D eigenvalue weighted by Gasteiger charge is -2.19. The summed E-state index contributed by atoms with van der Waals surface area (Å²) in [5.74, 6) is 0.784. The van der Waals surface area contributed by atoms with Crippen molar-refractivity contribution in [1.82, 2.24) is 0 Å². The van der Waals surface area contributed by atoms with Crippen LogP contribution in [0.4, 0.5) is 0 Å². The molecule has 0 fully saturated rings. The Balaban J connectivity index is 3.86. The van der Waals surface area contributed by atoms with Gasteiger partial charge in [-0.2, -0.15) is 0 Å². The molecule has 2 heteroatoms. The van der Waals surface area contributed by atoms with Crippen LogP contribution in [-0.2, 0) is 4.43 Å². The van der Waals surface area contributed by atoms with E-state index in [9.17, 15) is 0 Å². The Bertz CT molecular complexity index is 127. The van der Waals surface area contributed by atoms with E-state index in [1.807, 2.05) is 12.6 Å². The van der Waals surface area contributed by atoms with Gasteiger partial charge in [0.1, 0.15) is 0 Å². The maximum atomic E-state index is 5.41. The van der Waals surface area contributed by atoms with Crippen LogP contribution in [0.25, 0.3) is 0 Å². The molecule has 0 aliphatic carbocycles. The van der Waals surface area contributed by atoms with Crippen LogP contribution in [0.15, 0.2) is 24.6 Å². The summed E-state index contributed by atoms with van der Waals surface area (Å²) in [7, 11) is -1.58. The van der Waals surface area contributed by atoms with E-state index in [2.05, 4.69) is 26.3 Å². The van der Waals surface area contributed by atoms with Crippen molar-refractivity contribution in [1.29, 1.82) is 0 Å². The minimum Gasteiger partial charge on any atom is -0.544 e. The van der Waals surface area contributed by atoms with Gasteiger partial charge in [0.05, 0.1) is 5.76 Å². The molecule has 52 valence electrons. The third-order valence-electron chi connectivity index (χ3n) is 0.929. The van der Waals surface area contributed by atoms with Gasteiger partial charge in [-0.3, -0.25) is 0 Å². The number of hydrogen-bond acceptors (Lipinski definition) is 1. The molecule has 9 heavy (non-hydrogen) atoms. The fourth-order valence-electron chi connectivity index (χ4n) is 0.491. The van der Waals surface area contributed by atoms with E-state index in [0.29, 0.717) is 0 Å². The van der Waals surface area contributed by atoms with Gasteiger partial charge in [0.2, 0.25) is 0 Å². The zero-order valence-corrected chi connectivity index (χ0v) is 7.40. The second kappa shape index (κ2) is 2.87. The van der Waals surface area contributed by atoms with Gasteiger partial charge in [-0.15, -0.1) is 6.58 Å². The highest BCUT2D eigenvalue weighted by Crippen LogP contribution is 2.08. The first-order valence-electron chi connectivity index (χ1n) is 2.96. The van der Waals surface area contributed by atoms with Crippen LogP contribution in [0.2, 0.25) is 13.1 Å². The van der Waals surface area contributed by atoms with Gasteiger partial charge in [-0.05, 0) is 20.0 Å². The van der Waals surface area contributed by atoms with E-state index in [1.54, 1.807) is 0 Å². The molecule has 0 aromatic rings. The van der Waals surface area contributed by atoms with Crippen LogP contribution in [0, 0.1) is 0 Å². The van der Waals surface area contributed by atoms with Gasteiger partial charge in [0, 0.05) is 0 Å². The Morgan fingerprint density at radius 2 is 2.00 bits per heavy atom. The molecule has 0 amide bonds. The molecule has 1 nitrogen and oxygen atoms in total. The Hall–Kier alpha value is -0.503. The summed E-state index contributed by atoms with van der Waals surface area (Å²) in [6, 6.07) is 0. The molecule has 0 aliphatic rings. The molecule has 0 unspecified atom stereocenters. The highest BCUT2D eigenvalue weighted by atomic mass is 28.4. The zero-order valence-electron chi connectivity index (χ0n) is 6.40. The predicted octanol–water partition coefficient (Wildman–Crippen LogP) is 2.47. The van der Waals surface area contributed by atoms with Crippen molar-refractivity contribution >= 4 is 8.32 Å². The van der Waals surface area contributed by atoms with Gasteiger partial charge in [-0.1, -0.05) is 12.3 Å². The Morgan fingerprint density at radius 1 is 1.56 bits per heavy atom. The Morgan fingerprint density at radius 3 is 2.11 bits per heavy atom. The number of allylic oxidation sites excluding steroid dienone is 1. The van der Waals surface area contributed by atoms with Gasteiger partial charge in [0.25, 0.3) is 8.32 Å². The molecule has 0 saturated heterocycles. The summed E-state index contributed by atoms with van der Waals surface area (Å²) in [6.07, 6.45) is 0. The van der Waals surface area contributed by atoms with Crippen LogP contribution >= 0.6 is 0 Å². The van der Waals surface area contributed by atoms with Gasteiger partial charge in [-0.25, -0.2) is 0 Å². The minimum atomic E-state index is -1.58. The normalized spacial score (nSPS) is 10.6. The fourth-order valence-corrected chi connectivity index (χ4v) is 1.47. The largest absolute Gasteiger partial charge is 0.544 e. The Labute approximate surface area is 58.2 Å². The van der Waals surface area contributed by atoms with E-state index in [0.717, 1.165) is 5.76 Å². The molecule has 0 aromatic heterocycles. The molecule has 0 atom stereocenters. The van der Waals surface area contributed by atoms with E-state index < -0.39 is 8.32 Å². The Kier molecular flexibility index (Phi) is 2.71. The quantitative estimate of drug-likeness (QED) is 0.434. The summed E-state index contributed by atoms with van der Waals surface area (Å²) in [5, 5.41) is 0. The van der Waals surface area contributed by atoms with Gasteiger partial charge in [0.15, 0.2) is 0 Å². The minimum absolute atomic E-state index is 0.784. The van der Waals surface area contributed by atoms with Crippen LogP contribution < -0.4 is 0 Å². The first-order valence-corrected chi connectivity index (χ1v) is 5.94. The lowest BCUT2D eigenvalue weighted by atomic mass is 10.7. The molecule has 0 bridgehead atoms. The highest BCUT2D eigenvalue weighted by molar-refractivity contribution is 6.76. The maximum absolute atomic E-state index is 5.41. The van der Waals surface area contributed by atoms with Crippen molar-refractivity contribution in [3.05, 3.63) is 24.6 Å². The molecule has 0 aliphatic heterocycles. The lowest BCUT2D eigenvalue weighted by Crippen LogP contribution is -2.26. The predicted molar refractivity (Wildman–Crippen MR) is 43.6 cm³/mol. The van der Waals surface area contributed by atoms with Crippen LogP contribution in [0.5, 0.6) is 0 Å². The van der Waals surface area contributed by atoms with Crippen molar-refractivity contribution in [2.24, 2.45) is 0 Å². The summed E-state index contributed by atoms with van der Waals surface area (Å²) in [4.78, 5) is 0. The highest BCUT2D eigenvalue weighted by Gasteiger charge is 2.17. The fraction of sp³-hybridized carbons (Fsp3) is 0.429. The van der Waals surface area contributed by atoms with Gasteiger partial charge >= 0.3 is 0 Å². The second-order valence-electron chi connectivity index (χ2n) is 2.61.